The number of hydrogen-bond donors (Lipinski definition) is 1. The molecule has 5 aromatic rings. The number of anilines is 1. The Morgan fingerprint density at radius 1 is 0.903 bits per heavy atom. The number of thiophene rings is 1. The lowest BCUT2D eigenvalue weighted by Gasteiger charge is -2.09. The van der Waals surface area contributed by atoms with Crippen molar-refractivity contribution in [2.75, 3.05) is 4.72 Å². The molecule has 5 rings (SSSR count). The number of benzene rings is 2. The largest absolute Gasteiger partial charge is 0.280 e. The van der Waals surface area contributed by atoms with Gasteiger partial charge in [-0.15, -0.1) is 21.5 Å². The van der Waals surface area contributed by atoms with Crippen molar-refractivity contribution in [3.8, 4) is 22.0 Å². The van der Waals surface area contributed by atoms with Crippen molar-refractivity contribution in [1.82, 2.24) is 19.8 Å². The number of sulfonamides is 1. The van der Waals surface area contributed by atoms with Crippen LogP contribution in [-0.4, -0.2) is 28.2 Å². The fourth-order valence-corrected chi connectivity index (χ4v) is 4.79. The average molecular weight is 452 g/mol. The highest BCUT2D eigenvalue weighted by Crippen LogP contribution is 2.25. The van der Waals surface area contributed by atoms with Crippen LogP contribution in [0.15, 0.2) is 83.1 Å². The van der Waals surface area contributed by atoms with E-state index in [4.69, 9.17) is 0 Å². The SMILES string of the molecule is O=S(=O)(Nc1ccc(-c2ccc3nnc(-c4cccs4)n3n2)cc1)c1ccc(F)cc1. The topological polar surface area (TPSA) is 89.2 Å². The molecular weight excluding hydrogens is 437 g/mol. The van der Waals surface area contributed by atoms with Gasteiger partial charge in [0.25, 0.3) is 10.0 Å². The van der Waals surface area contributed by atoms with Gasteiger partial charge in [0.05, 0.1) is 15.5 Å². The van der Waals surface area contributed by atoms with Gasteiger partial charge in [-0.25, -0.2) is 12.8 Å². The number of nitrogens with zero attached hydrogens (tertiary/aromatic N) is 4. The molecule has 0 bridgehead atoms. The van der Waals surface area contributed by atoms with Crippen LogP contribution in [0.2, 0.25) is 0 Å². The van der Waals surface area contributed by atoms with Crippen LogP contribution in [0.25, 0.3) is 27.6 Å². The Morgan fingerprint density at radius 2 is 1.68 bits per heavy atom. The van der Waals surface area contributed by atoms with Crippen LogP contribution in [-0.2, 0) is 10.0 Å². The van der Waals surface area contributed by atoms with E-state index in [0.717, 1.165) is 22.6 Å². The molecule has 0 unspecified atom stereocenters. The molecule has 2 aromatic carbocycles. The van der Waals surface area contributed by atoms with Crippen LogP contribution in [0.3, 0.4) is 0 Å². The summed E-state index contributed by atoms with van der Waals surface area (Å²) in [5, 5.41) is 15.0. The van der Waals surface area contributed by atoms with Crippen molar-refractivity contribution in [3.05, 3.63) is 84.0 Å². The van der Waals surface area contributed by atoms with E-state index in [1.165, 1.54) is 12.1 Å². The summed E-state index contributed by atoms with van der Waals surface area (Å²) in [7, 11) is -3.81. The predicted molar refractivity (Wildman–Crippen MR) is 117 cm³/mol. The number of fused-ring (bicyclic) bond motifs is 1. The van der Waals surface area contributed by atoms with Gasteiger partial charge in [-0.1, -0.05) is 18.2 Å². The van der Waals surface area contributed by atoms with Crippen LogP contribution in [0.4, 0.5) is 10.1 Å². The molecule has 7 nitrogen and oxygen atoms in total. The molecule has 31 heavy (non-hydrogen) atoms. The van der Waals surface area contributed by atoms with Crippen molar-refractivity contribution >= 4 is 32.7 Å². The number of nitrogens with one attached hydrogen (secondary N) is 1. The zero-order valence-corrected chi connectivity index (χ0v) is 17.4. The Balaban J connectivity index is 1.43. The summed E-state index contributed by atoms with van der Waals surface area (Å²) in [6, 6.07) is 19.0. The number of halogens is 1. The second kappa shape index (κ2) is 7.56. The van der Waals surface area contributed by atoms with Gasteiger partial charge in [0, 0.05) is 11.3 Å². The first-order valence-electron chi connectivity index (χ1n) is 9.15. The fourth-order valence-electron chi connectivity index (χ4n) is 3.04. The van der Waals surface area contributed by atoms with Crippen molar-refractivity contribution in [3.63, 3.8) is 0 Å². The van der Waals surface area contributed by atoms with E-state index >= 15 is 0 Å². The van der Waals surface area contributed by atoms with Crippen molar-refractivity contribution in [1.29, 1.82) is 0 Å². The smallest absolute Gasteiger partial charge is 0.261 e. The first kappa shape index (κ1) is 19.3. The molecule has 0 atom stereocenters. The summed E-state index contributed by atoms with van der Waals surface area (Å²) in [5.74, 6) is 0.165. The summed E-state index contributed by atoms with van der Waals surface area (Å²) in [6.45, 7) is 0. The lowest BCUT2D eigenvalue weighted by Crippen LogP contribution is -2.12. The molecule has 0 fully saturated rings. The third-order valence-electron chi connectivity index (χ3n) is 4.56. The van der Waals surface area contributed by atoms with E-state index in [-0.39, 0.29) is 4.90 Å². The first-order valence-corrected chi connectivity index (χ1v) is 11.5. The number of hydrogen-bond acceptors (Lipinski definition) is 6. The van der Waals surface area contributed by atoms with Gasteiger partial charge in [-0.2, -0.15) is 9.61 Å². The van der Waals surface area contributed by atoms with Gasteiger partial charge in [0.15, 0.2) is 11.5 Å². The Bertz CT molecular complexity index is 1460. The summed E-state index contributed by atoms with van der Waals surface area (Å²) in [4.78, 5) is 0.946. The molecule has 3 aromatic heterocycles. The standard InChI is InChI=1S/C21H14FN5O2S2/c22-15-5-9-17(10-6-15)31(28,29)26-16-7-3-14(4-8-16)18-11-12-20-23-24-21(27(20)25-18)19-2-1-13-30-19/h1-13,26H. The Hall–Kier alpha value is -3.63. The van der Waals surface area contributed by atoms with Crippen molar-refractivity contribution in [2.45, 2.75) is 4.90 Å². The molecule has 0 saturated heterocycles. The number of aromatic nitrogens is 4. The molecule has 0 aliphatic heterocycles. The van der Waals surface area contributed by atoms with E-state index in [1.807, 2.05) is 29.6 Å². The van der Waals surface area contributed by atoms with Crippen LogP contribution in [0.5, 0.6) is 0 Å². The summed E-state index contributed by atoms with van der Waals surface area (Å²) < 4.78 is 42.2. The van der Waals surface area contributed by atoms with Gasteiger partial charge in [0.1, 0.15) is 5.82 Å². The Morgan fingerprint density at radius 3 is 2.39 bits per heavy atom. The molecule has 10 heteroatoms. The number of rotatable bonds is 5. The highest BCUT2D eigenvalue weighted by atomic mass is 32.2. The van der Waals surface area contributed by atoms with E-state index in [1.54, 1.807) is 40.1 Å². The summed E-state index contributed by atoms with van der Waals surface area (Å²) in [5.41, 5.74) is 2.52. The normalized spacial score (nSPS) is 11.6. The summed E-state index contributed by atoms with van der Waals surface area (Å²) >= 11 is 1.55. The van der Waals surface area contributed by atoms with Gasteiger partial charge in [-0.05, 0) is 60.0 Å². The van der Waals surface area contributed by atoms with Crippen molar-refractivity contribution in [2.24, 2.45) is 0 Å². The third-order valence-corrected chi connectivity index (χ3v) is 6.82. The predicted octanol–water partition coefficient (Wildman–Crippen LogP) is 4.46. The van der Waals surface area contributed by atoms with Crippen LogP contribution < -0.4 is 4.72 Å². The molecule has 1 N–H and O–H groups in total. The molecule has 154 valence electrons. The van der Waals surface area contributed by atoms with E-state index in [2.05, 4.69) is 20.0 Å². The van der Waals surface area contributed by atoms with E-state index in [0.29, 0.717) is 22.9 Å². The first-order chi connectivity index (χ1) is 15.0. The molecule has 0 saturated carbocycles. The monoisotopic (exact) mass is 451 g/mol. The van der Waals surface area contributed by atoms with Gasteiger partial charge in [0.2, 0.25) is 0 Å². The highest BCUT2D eigenvalue weighted by molar-refractivity contribution is 7.92. The van der Waals surface area contributed by atoms with Crippen LogP contribution in [0.1, 0.15) is 0 Å². The minimum Gasteiger partial charge on any atom is -0.280 e. The fraction of sp³-hybridized carbons (Fsp3) is 0. The third kappa shape index (κ3) is 3.78. The second-order valence-electron chi connectivity index (χ2n) is 6.63. The maximum Gasteiger partial charge on any atom is 0.261 e. The van der Waals surface area contributed by atoms with Crippen molar-refractivity contribution < 1.29 is 12.8 Å². The Kier molecular flexibility index (Phi) is 4.72. The average Bonchev–Trinajstić information content (AvgIpc) is 3.43. The molecular formula is C21H14FN5O2S2. The minimum atomic E-state index is -3.81. The van der Waals surface area contributed by atoms with E-state index < -0.39 is 15.8 Å². The lowest BCUT2D eigenvalue weighted by molar-refractivity contribution is 0.599. The molecule has 0 spiro atoms. The molecule has 0 amide bonds. The second-order valence-corrected chi connectivity index (χ2v) is 9.26. The molecule has 0 aliphatic rings. The van der Waals surface area contributed by atoms with Gasteiger partial charge in [-0.3, -0.25) is 4.72 Å². The molecule has 0 radical (unpaired) electrons. The Labute approximate surface area is 180 Å². The van der Waals surface area contributed by atoms with Crippen LogP contribution in [0, 0.1) is 5.82 Å². The molecule has 3 heterocycles. The quantitative estimate of drug-likeness (QED) is 0.426. The van der Waals surface area contributed by atoms with Gasteiger partial charge < -0.3 is 0 Å². The zero-order chi connectivity index (χ0) is 21.4. The maximum absolute atomic E-state index is 13.1. The summed E-state index contributed by atoms with van der Waals surface area (Å²) in [6.07, 6.45) is 0. The zero-order valence-electron chi connectivity index (χ0n) is 15.8. The maximum atomic E-state index is 13.1. The minimum absolute atomic E-state index is 0.0150. The van der Waals surface area contributed by atoms with E-state index in [9.17, 15) is 12.8 Å². The van der Waals surface area contributed by atoms with Crippen LogP contribution >= 0.6 is 11.3 Å². The lowest BCUT2D eigenvalue weighted by atomic mass is 10.1. The van der Waals surface area contributed by atoms with Gasteiger partial charge >= 0.3 is 0 Å². The molecule has 0 aliphatic carbocycles. The highest BCUT2D eigenvalue weighted by Gasteiger charge is 2.15.